The highest BCUT2D eigenvalue weighted by Gasteiger charge is 2.49. The van der Waals surface area contributed by atoms with Gasteiger partial charge in [-0.1, -0.05) is 17.7 Å². The highest BCUT2D eigenvalue weighted by molar-refractivity contribution is 5.96. The van der Waals surface area contributed by atoms with Crippen molar-refractivity contribution in [3.8, 4) is 0 Å². The first-order valence-electron chi connectivity index (χ1n) is 10.3. The van der Waals surface area contributed by atoms with Gasteiger partial charge in [0.15, 0.2) is 0 Å². The van der Waals surface area contributed by atoms with E-state index in [4.69, 9.17) is 0 Å². The van der Waals surface area contributed by atoms with Gasteiger partial charge in [0.25, 0.3) is 5.91 Å². The second-order valence-electron chi connectivity index (χ2n) is 8.60. The summed E-state index contributed by atoms with van der Waals surface area (Å²) in [6.45, 7) is 7.37. The molecule has 3 heterocycles. The minimum atomic E-state index is -0.275. The lowest BCUT2D eigenvalue weighted by molar-refractivity contribution is 0.0343. The van der Waals surface area contributed by atoms with E-state index in [0.717, 1.165) is 55.6 Å². The number of rotatable bonds is 4. The van der Waals surface area contributed by atoms with Gasteiger partial charge in [-0.15, -0.1) is 0 Å². The molecule has 2 aliphatic rings. The smallest absolute Gasteiger partial charge is 0.340 e. The lowest BCUT2D eigenvalue weighted by Gasteiger charge is -2.47. The third-order valence-corrected chi connectivity index (χ3v) is 6.61. The maximum atomic E-state index is 13.1. The number of carbonyl (C=O) groups is 1. The molecule has 2 aromatic rings. The van der Waals surface area contributed by atoms with E-state index in [0.29, 0.717) is 12.4 Å². The van der Waals surface area contributed by atoms with Gasteiger partial charge in [-0.25, -0.2) is 9.89 Å². The standard InChI is InChI=1S/C21H30N6O2/c1-14-5-6-15(2)16(11-14)19(28)22-17-7-10-26(3)21(17)8-4-9-27(13-21)12-18-23-20(29)25-24-18/h5-6,11,17H,4,7-10,12-13H2,1-3H3,(H,22,28)(H2,23,24,25,29). The van der Waals surface area contributed by atoms with Crippen LogP contribution in [0, 0.1) is 13.8 Å². The molecule has 2 fully saturated rings. The molecule has 1 aromatic carbocycles. The van der Waals surface area contributed by atoms with E-state index in [1.54, 1.807) is 0 Å². The van der Waals surface area contributed by atoms with Gasteiger partial charge in [-0.05, 0) is 58.3 Å². The highest BCUT2D eigenvalue weighted by Crippen LogP contribution is 2.37. The second-order valence-corrected chi connectivity index (χ2v) is 8.60. The predicted octanol–water partition coefficient (Wildman–Crippen LogP) is 1.18. The predicted molar refractivity (Wildman–Crippen MR) is 111 cm³/mol. The number of aromatic nitrogens is 3. The van der Waals surface area contributed by atoms with Gasteiger partial charge < -0.3 is 5.32 Å². The fraction of sp³-hybridized carbons (Fsp3) is 0.571. The van der Waals surface area contributed by atoms with Crippen LogP contribution < -0.4 is 11.0 Å². The summed E-state index contributed by atoms with van der Waals surface area (Å²) in [5.74, 6) is 0.670. The number of aromatic amines is 2. The molecule has 3 N–H and O–H groups in total. The number of aryl methyl sites for hydroxylation is 2. The Morgan fingerprint density at radius 2 is 2.17 bits per heavy atom. The first-order chi connectivity index (χ1) is 13.9. The molecule has 0 saturated carbocycles. The summed E-state index contributed by atoms with van der Waals surface area (Å²) in [7, 11) is 2.16. The van der Waals surface area contributed by atoms with E-state index in [2.05, 4.69) is 37.3 Å². The normalized spacial score (nSPS) is 25.6. The van der Waals surface area contributed by atoms with Crippen molar-refractivity contribution in [2.45, 2.75) is 51.2 Å². The Morgan fingerprint density at radius 1 is 1.34 bits per heavy atom. The molecule has 8 nitrogen and oxygen atoms in total. The van der Waals surface area contributed by atoms with Crippen LogP contribution in [0.5, 0.6) is 0 Å². The van der Waals surface area contributed by atoms with Crippen molar-refractivity contribution >= 4 is 5.91 Å². The molecular formula is C21H30N6O2. The summed E-state index contributed by atoms with van der Waals surface area (Å²) in [6, 6.07) is 6.11. The maximum Gasteiger partial charge on any atom is 0.340 e. The summed E-state index contributed by atoms with van der Waals surface area (Å²) in [5.41, 5.74) is 2.49. The van der Waals surface area contributed by atoms with E-state index in [1.807, 2.05) is 32.0 Å². The zero-order valence-corrected chi connectivity index (χ0v) is 17.4. The summed E-state index contributed by atoms with van der Waals surface area (Å²) in [5, 5.41) is 9.84. The minimum absolute atomic E-state index is 0.0135. The Labute approximate surface area is 170 Å². The SMILES string of the molecule is Cc1ccc(C)c(C(=O)NC2CCN(C)C23CCCN(Cc2n[nH]c(=O)[nH]2)C3)c1. The molecule has 0 bridgehead atoms. The molecule has 8 heteroatoms. The number of benzene rings is 1. The van der Waals surface area contributed by atoms with Crippen molar-refractivity contribution in [2.24, 2.45) is 0 Å². The van der Waals surface area contributed by atoms with Crippen molar-refractivity contribution in [2.75, 3.05) is 26.7 Å². The number of likely N-dealkylation sites (tertiary alicyclic amines) is 2. The first kappa shape index (κ1) is 19.8. The Kier molecular flexibility index (Phi) is 5.31. The van der Waals surface area contributed by atoms with Crippen molar-refractivity contribution in [1.29, 1.82) is 0 Å². The van der Waals surface area contributed by atoms with Crippen LogP contribution >= 0.6 is 0 Å². The molecule has 0 aliphatic carbocycles. The zero-order valence-electron chi connectivity index (χ0n) is 17.4. The van der Waals surface area contributed by atoms with E-state index >= 15 is 0 Å². The quantitative estimate of drug-likeness (QED) is 0.719. The van der Waals surface area contributed by atoms with Gasteiger partial charge in [0.2, 0.25) is 0 Å². The number of piperidine rings is 1. The molecule has 2 aliphatic heterocycles. The average molecular weight is 399 g/mol. The van der Waals surface area contributed by atoms with Crippen molar-refractivity contribution in [3.05, 3.63) is 51.2 Å². The fourth-order valence-electron chi connectivity index (χ4n) is 4.98. The van der Waals surface area contributed by atoms with Crippen LogP contribution in [-0.4, -0.2) is 69.2 Å². The first-order valence-corrected chi connectivity index (χ1v) is 10.3. The van der Waals surface area contributed by atoms with Crippen LogP contribution in [0.2, 0.25) is 0 Å². The average Bonchev–Trinajstić information content (AvgIpc) is 3.22. The molecule has 2 saturated heterocycles. The van der Waals surface area contributed by atoms with E-state index in [-0.39, 0.29) is 23.2 Å². The molecule has 1 spiro atoms. The molecule has 1 amide bonds. The van der Waals surface area contributed by atoms with Crippen LogP contribution in [0.4, 0.5) is 0 Å². The highest BCUT2D eigenvalue weighted by atomic mass is 16.2. The minimum Gasteiger partial charge on any atom is -0.347 e. The molecule has 0 radical (unpaired) electrons. The monoisotopic (exact) mass is 398 g/mol. The third-order valence-electron chi connectivity index (χ3n) is 6.61. The molecule has 4 rings (SSSR count). The number of hydrogen-bond donors (Lipinski definition) is 3. The molecule has 156 valence electrons. The molecule has 1 aromatic heterocycles. The van der Waals surface area contributed by atoms with Gasteiger partial charge in [-0.2, -0.15) is 5.10 Å². The van der Waals surface area contributed by atoms with E-state index < -0.39 is 0 Å². The van der Waals surface area contributed by atoms with Crippen LogP contribution in [0.1, 0.15) is 46.6 Å². The van der Waals surface area contributed by atoms with Crippen LogP contribution in [0.3, 0.4) is 0 Å². The van der Waals surface area contributed by atoms with Crippen LogP contribution in [0.25, 0.3) is 0 Å². The van der Waals surface area contributed by atoms with E-state index in [1.165, 1.54) is 0 Å². The number of likely N-dealkylation sites (N-methyl/N-ethyl adjacent to an activating group) is 1. The number of carbonyl (C=O) groups excluding carboxylic acids is 1. The number of nitrogens with zero attached hydrogens (tertiary/aromatic N) is 3. The molecule has 29 heavy (non-hydrogen) atoms. The third kappa shape index (κ3) is 3.86. The number of amides is 1. The Balaban J connectivity index is 1.52. The summed E-state index contributed by atoms with van der Waals surface area (Å²) >= 11 is 0. The van der Waals surface area contributed by atoms with Crippen LogP contribution in [-0.2, 0) is 6.54 Å². The van der Waals surface area contributed by atoms with Gasteiger partial charge in [0.1, 0.15) is 5.82 Å². The Hall–Kier alpha value is -2.45. The lowest BCUT2D eigenvalue weighted by Crippen LogP contribution is -2.63. The second kappa shape index (κ2) is 7.76. The van der Waals surface area contributed by atoms with Gasteiger partial charge in [0.05, 0.1) is 12.1 Å². The Morgan fingerprint density at radius 3 is 2.93 bits per heavy atom. The van der Waals surface area contributed by atoms with Gasteiger partial charge in [-0.3, -0.25) is 19.6 Å². The fourth-order valence-corrected chi connectivity index (χ4v) is 4.98. The van der Waals surface area contributed by atoms with Crippen LogP contribution in [0.15, 0.2) is 23.0 Å². The summed E-state index contributed by atoms with van der Waals surface area (Å²) < 4.78 is 0. The topological polar surface area (TPSA) is 97.1 Å². The Bertz CT molecular complexity index is 951. The molecule has 2 atom stereocenters. The van der Waals surface area contributed by atoms with E-state index in [9.17, 15) is 9.59 Å². The van der Waals surface area contributed by atoms with Crippen molar-refractivity contribution in [3.63, 3.8) is 0 Å². The van der Waals surface area contributed by atoms with Crippen molar-refractivity contribution < 1.29 is 4.79 Å². The zero-order chi connectivity index (χ0) is 20.6. The largest absolute Gasteiger partial charge is 0.347 e. The number of H-pyrrole nitrogens is 2. The lowest BCUT2D eigenvalue weighted by atomic mass is 9.82. The summed E-state index contributed by atoms with van der Waals surface area (Å²) in [4.78, 5) is 31.9. The molecule has 2 unspecified atom stereocenters. The van der Waals surface area contributed by atoms with Gasteiger partial charge >= 0.3 is 5.69 Å². The number of hydrogen-bond acceptors (Lipinski definition) is 5. The number of nitrogens with one attached hydrogen (secondary N) is 3. The molecular weight excluding hydrogens is 368 g/mol. The van der Waals surface area contributed by atoms with Gasteiger partial charge in [0, 0.05) is 24.7 Å². The maximum absolute atomic E-state index is 13.1. The van der Waals surface area contributed by atoms with Crippen molar-refractivity contribution in [1.82, 2.24) is 30.3 Å². The summed E-state index contributed by atoms with van der Waals surface area (Å²) in [6.07, 6.45) is 3.05.